The molecule has 0 radical (unpaired) electrons. The molecule has 0 spiro atoms. The third-order valence-electron chi connectivity index (χ3n) is 4.09. The first kappa shape index (κ1) is 24.7. The summed E-state index contributed by atoms with van der Waals surface area (Å²) in [6, 6.07) is 10.9. The highest BCUT2D eigenvalue weighted by Crippen LogP contribution is 2.07. The van der Waals surface area contributed by atoms with Crippen molar-refractivity contribution in [2.45, 2.75) is 39.3 Å². The van der Waals surface area contributed by atoms with Crippen molar-refractivity contribution in [2.75, 3.05) is 33.7 Å². The second kappa shape index (κ2) is 14.8. The topological polar surface area (TPSA) is 68.8 Å². The molecule has 0 aliphatic heterocycles. The van der Waals surface area contributed by atoms with Crippen molar-refractivity contribution in [3.8, 4) is 0 Å². The zero-order chi connectivity index (χ0) is 18.5. The second-order valence-electron chi connectivity index (χ2n) is 6.24. The van der Waals surface area contributed by atoms with E-state index >= 15 is 0 Å². The first-order chi connectivity index (χ1) is 12.1. The maximum Gasteiger partial charge on any atom is 0.239 e. The zero-order valence-electron chi connectivity index (χ0n) is 16.4. The summed E-state index contributed by atoms with van der Waals surface area (Å²) in [4.78, 5) is 18.1. The van der Waals surface area contributed by atoms with Crippen LogP contribution in [0.25, 0.3) is 0 Å². The summed E-state index contributed by atoms with van der Waals surface area (Å²) in [5.74, 6) is 0.644. The molecule has 0 aromatic heterocycles. The van der Waals surface area contributed by atoms with Crippen LogP contribution in [0.2, 0.25) is 0 Å². The number of rotatable bonds is 10. The predicted molar refractivity (Wildman–Crippen MR) is 120 cm³/mol. The molecule has 1 rings (SSSR count). The van der Waals surface area contributed by atoms with E-state index in [2.05, 4.69) is 64.1 Å². The first-order valence-corrected chi connectivity index (χ1v) is 9.02. The highest BCUT2D eigenvalue weighted by atomic mass is 127. The number of carbonyl (C=O) groups is 1. The van der Waals surface area contributed by atoms with Gasteiger partial charge in [0.15, 0.2) is 5.96 Å². The summed E-state index contributed by atoms with van der Waals surface area (Å²) in [6.45, 7) is 6.94. The van der Waals surface area contributed by atoms with Gasteiger partial charge in [-0.3, -0.25) is 14.7 Å². The van der Waals surface area contributed by atoms with Gasteiger partial charge in [0.25, 0.3) is 0 Å². The molecule has 0 saturated carbocycles. The average molecular weight is 475 g/mol. The normalized spacial score (nSPS) is 12.3. The summed E-state index contributed by atoms with van der Waals surface area (Å²) in [7, 11) is 3.85. The standard InChI is InChI=1S/C19H33N5O.HI/c1-5-12-21-18(25)14-23-19(20-3)22-13-11-16(2)24(4)15-17-9-7-6-8-10-17;/h6-10,16H,5,11-15H2,1-4H3,(H,21,25)(H2,20,22,23);1H. The number of hydrogen-bond donors (Lipinski definition) is 3. The summed E-state index contributed by atoms with van der Waals surface area (Å²) < 4.78 is 0. The molecule has 1 unspecified atom stereocenters. The Morgan fingerprint density at radius 2 is 1.85 bits per heavy atom. The van der Waals surface area contributed by atoms with E-state index in [-0.39, 0.29) is 36.4 Å². The molecule has 0 saturated heterocycles. The third-order valence-corrected chi connectivity index (χ3v) is 4.09. The van der Waals surface area contributed by atoms with Crippen LogP contribution in [0.5, 0.6) is 0 Å². The van der Waals surface area contributed by atoms with E-state index in [1.165, 1.54) is 5.56 Å². The Morgan fingerprint density at radius 1 is 1.15 bits per heavy atom. The number of benzene rings is 1. The Hall–Kier alpha value is -1.35. The largest absolute Gasteiger partial charge is 0.356 e. The monoisotopic (exact) mass is 475 g/mol. The lowest BCUT2D eigenvalue weighted by atomic mass is 10.1. The van der Waals surface area contributed by atoms with Crippen molar-refractivity contribution in [1.29, 1.82) is 0 Å². The van der Waals surface area contributed by atoms with Crippen LogP contribution in [-0.4, -0.2) is 56.5 Å². The lowest BCUT2D eigenvalue weighted by molar-refractivity contribution is -0.120. The van der Waals surface area contributed by atoms with Crippen molar-refractivity contribution in [3.63, 3.8) is 0 Å². The van der Waals surface area contributed by atoms with Crippen LogP contribution < -0.4 is 16.0 Å². The first-order valence-electron chi connectivity index (χ1n) is 9.02. The molecule has 1 amide bonds. The fourth-order valence-corrected chi connectivity index (χ4v) is 2.36. The van der Waals surface area contributed by atoms with Crippen molar-refractivity contribution in [2.24, 2.45) is 4.99 Å². The second-order valence-corrected chi connectivity index (χ2v) is 6.24. The van der Waals surface area contributed by atoms with Crippen LogP contribution in [0.3, 0.4) is 0 Å². The van der Waals surface area contributed by atoms with E-state index in [9.17, 15) is 4.79 Å². The van der Waals surface area contributed by atoms with Gasteiger partial charge in [-0.2, -0.15) is 0 Å². The molecule has 6 nitrogen and oxygen atoms in total. The van der Waals surface area contributed by atoms with E-state index in [1.807, 2.05) is 13.0 Å². The van der Waals surface area contributed by atoms with Crippen LogP contribution in [-0.2, 0) is 11.3 Å². The minimum Gasteiger partial charge on any atom is -0.356 e. The number of nitrogens with one attached hydrogen (secondary N) is 3. The molecule has 0 heterocycles. The van der Waals surface area contributed by atoms with Crippen molar-refractivity contribution in [3.05, 3.63) is 35.9 Å². The van der Waals surface area contributed by atoms with E-state index in [0.29, 0.717) is 18.5 Å². The van der Waals surface area contributed by atoms with E-state index in [0.717, 1.165) is 25.9 Å². The van der Waals surface area contributed by atoms with Gasteiger partial charge in [-0.05, 0) is 32.4 Å². The summed E-state index contributed by atoms with van der Waals surface area (Å²) in [6.07, 6.45) is 1.93. The van der Waals surface area contributed by atoms with Gasteiger partial charge in [0.1, 0.15) is 0 Å². The third kappa shape index (κ3) is 10.6. The number of amides is 1. The van der Waals surface area contributed by atoms with Gasteiger partial charge in [0, 0.05) is 32.7 Å². The van der Waals surface area contributed by atoms with Gasteiger partial charge >= 0.3 is 0 Å². The molecule has 1 aromatic rings. The van der Waals surface area contributed by atoms with Crippen LogP contribution >= 0.6 is 24.0 Å². The fourth-order valence-electron chi connectivity index (χ4n) is 2.36. The predicted octanol–water partition coefficient (Wildman–Crippen LogP) is 2.21. The molecule has 0 aliphatic rings. The lowest BCUT2D eigenvalue weighted by Crippen LogP contribution is -2.44. The van der Waals surface area contributed by atoms with E-state index in [4.69, 9.17) is 0 Å². The SMILES string of the molecule is CCCNC(=O)CNC(=NC)NCCC(C)N(C)Cc1ccccc1.I. The molecular formula is C19H34IN5O. The minimum atomic E-state index is -0.0132. The Labute approximate surface area is 175 Å². The van der Waals surface area contributed by atoms with Gasteiger partial charge in [-0.1, -0.05) is 37.3 Å². The van der Waals surface area contributed by atoms with Crippen molar-refractivity contribution < 1.29 is 4.79 Å². The number of hydrogen-bond acceptors (Lipinski definition) is 3. The smallest absolute Gasteiger partial charge is 0.239 e. The molecule has 7 heteroatoms. The van der Waals surface area contributed by atoms with Gasteiger partial charge in [-0.15, -0.1) is 24.0 Å². The Morgan fingerprint density at radius 3 is 2.46 bits per heavy atom. The summed E-state index contributed by atoms with van der Waals surface area (Å²) >= 11 is 0. The highest BCUT2D eigenvalue weighted by Gasteiger charge is 2.10. The van der Waals surface area contributed by atoms with Crippen LogP contribution in [0.15, 0.2) is 35.3 Å². The van der Waals surface area contributed by atoms with Crippen molar-refractivity contribution >= 4 is 35.8 Å². The lowest BCUT2D eigenvalue weighted by Gasteiger charge is -2.25. The van der Waals surface area contributed by atoms with Gasteiger partial charge in [-0.25, -0.2) is 0 Å². The molecule has 26 heavy (non-hydrogen) atoms. The highest BCUT2D eigenvalue weighted by molar-refractivity contribution is 14.0. The van der Waals surface area contributed by atoms with Crippen LogP contribution in [0.4, 0.5) is 0 Å². The van der Waals surface area contributed by atoms with E-state index < -0.39 is 0 Å². The summed E-state index contributed by atoms with van der Waals surface area (Å²) in [5, 5.41) is 9.13. The Kier molecular flexibility index (Phi) is 14.0. The minimum absolute atomic E-state index is 0. The van der Waals surface area contributed by atoms with E-state index in [1.54, 1.807) is 7.05 Å². The fraction of sp³-hybridized carbons (Fsp3) is 0.579. The number of aliphatic imine (C=N–C) groups is 1. The average Bonchev–Trinajstić information content (AvgIpc) is 2.63. The molecule has 3 N–H and O–H groups in total. The summed E-state index contributed by atoms with van der Waals surface area (Å²) in [5.41, 5.74) is 1.32. The number of guanidine groups is 1. The number of carbonyl (C=O) groups excluding carboxylic acids is 1. The quantitative estimate of drug-likeness (QED) is 0.276. The number of nitrogens with zero attached hydrogens (tertiary/aromatic N) is 2. The van der Waals surface area contributed by atoms with Gasteiger partial charge in [0.05, 0.1) is 6.54 Å². The Bertz CT molecular complexity index is 524. The maximum absolute atomic E-state index is 11.6. The molecule has 1 aromatic carbocycles. The molecule has 0 fully saturated rings. The molecule has 0 bridgehead atoms. The van der Waals surface area contributed by atoms with Crippen molar-refractivity contribution in [1.82, 2.24) is 20.9 Å². The molecular weight excluding hydrogens is 441 g/mol. The van der Waals surface area contributed by atoms with Gasteiger partial charge in [0.2, 0.25) is 5.91 Å². The Balaban J connectivity index is 0.00000625. The van der Waals surface area contributed by atoms with Crippen LogP contribution in [0, 0.1) is 0 Å². The number of halogens is 1. The molecule has 0 aliphatic carbocycles. The maximum atomic E-state index is 11.6. The molecule has 148 valence electrons. The zero-order valence-corrected chi connectivity index (χ0v) is 18.7. The molecule has 1 atom stereocenters. The van der Waals surface area contributed by atoms with Crippen LogP contribution in [0.1, 0.15) is 32.3 Å². The van der Waals surface area contributed by atoms with Gasteiger partial charge < -0.3 is 16.0 Å².